The molecule has 0 aromatic carbocycles. The topological polar surface area (TPSA) is 108 Å². The second kappa shape index (κ2) is 7.20. The van der Waals surface area contributed by atoms with Crippen LogP contribution < -0.4 is 5.32 Å². The van der Waals surface area contributed by atoms with Crippen LogP contribution in [0.25, 0.3) is 11.2 Å². The third-order valence-corrected chi connectivity index (χ3v) is 7.26. The maximum absolute atomic E-state index is 12.8. The normalized spacial score (nSPS) is 21.4. The van der Waals surface area contributed by atoms with Crippen molar-refractivity contribution in [1.82, 2.24) is 24.6 Å². The molecule has 9 heteroatoms. The summed E-state index contributed by atoms with van der Waals surface area (Å²) in [7, 11) is -3.25. The Morgan fingerprint density at radius 3 is 2.93 bits per heavy atom. The van der Waals surface area contributed by atoms with Gasteiger partial charge in [-0.2, -0.15) is 4.31 Å². The third-order valence-electron chi connectivity index (χ3n) is 5.21. The van der Waals surface area contributed by atoms with Crippen LogP contribution in [0.1, 0.15) is 61.0 Å². The molecule has 2 aromatic rings. The molecule has 8 nitrogen and oxygen atoms in total. The van der Waals surface area contributed by atoms with Crippen LogP contribution in [-0.4, -0.2) is 58.5 Å². The van der Waals surface area contributed by atoms with Crippen LogP contribution in [0.5, 0.6) is 0 Å². The summed E-state index contributed by atoms with van der Waals surface area (Å²) in [6.45, 7) is 2.71. The largest absolute Gasteiger partial charge is 0.348 e. The van der Waals surface area contributed by atoms with E-state index in [9.17, 15) is 13.2 Å². The number of aromatic amines is 1. The number of fused-ring (bicyclic) bond motifs is 1. The van der Waals surface area contributed by atoms with Crippen molar-refractivity contribution in [3.63, 3.8) is 0 Å². The number of hydrogen-bond acceptors (Lipinski definition) is 5. The lowest BCUT2D eigenvalue weighted by Gasteiger charge is -2.32. The molecule has 1 unspecified atom stereocenters. The molecule has 1 aliphatic heterocycles. The number of carbonyl (C=O) groups excluding carboxylic acids is 1. The molecule has 2 N–H and O–H groups in total. The number of H-pyrrole nitrogens is 1. The van der Waals surface area contributed by atoms with E-state index in [0.717, 1.165) is 31.4 Å². The summed E-state index contributed by atoms with van der Waals surface area (Å²) in [5.74, 6) is 0.377. The van der Waals surface area contributed by atoms with E-state index < -0.39 is 10.0 Å². The molecular weight excluding hydrogens is 366 g/mol. The first-order chi connectivity index (χ1) is 13.0. The summed E-state index contributed by atoms with van der Waals surface area (Å²) in [5, 5.41) is 2.99. The highest BCUT2D eigenvalue weighted by molar-refractivity contribution is 7.89. The van der Waals surface area contributed by atoms with Crippen LogP contribution >= 0.6 is 0 Å². The molecule has 27 heavy (non-hydrogen) atoms. The van der Waals surface area contributed by atoms with Crippen molar-refractivity contribution in [3.05, 3.63) is 23.7 Å². The van der Waals surface area contributed by atoms with Gasteiger partial charge in [-0.05, 0) is 32.1 Å². The van der Waals surface area contributed by atoms with Crippen LogP contribution in [-0.2, 0) is 10.0 Å². The van der Waals surface area contributed by atoms with Crippen molar-refractivity contribution < 1.29 is 13.2 Å². The average molecular weight is 391 g/mol. The van der Waals surface area contributed by atoms with Gasteiger partial charge >= 0.3 is 0 Å². The van der Waals surface area contributed by atoms with E-state index in [-0.39, 0.29) is 17.7 Å². The summed E-state index contributed by atoms with van der Waals surface area (Å²) in [5.41, 5.74) is 2.59. The van der Waals surface area contributed by atoms with Gasteiger partial charge in [0, 0.05) is 31.2 Å². The van der Waals surface area contributed by atoms with Crippen molar-refractivity contribution in [2.75, 3.05) is 18.8 Å². The number of sulfonamides is 1. The van der Waals surface area contributed by atoms with Gasteiger partial charge < -0.3 is 10.3 Å². The van der Waals surface area contributed by atoms with Gasteiger partial charge in [0.15, 0.2) is 5.65 Å². The minimum Gasteiger partial charge on any atom is -0.348 e. The van der Waals surface area contributed by atoms with E-state index in [4.69, 9.17) is 0 Å². The molecule has 0 radical (unpaired) electrons. The zero-order chi connectivity index (χ0) is 19.0. The molecule has 1 aliphatic carbocycles. The van der Waals surface area contributed by atoms with Gasteiger partial charge in [-0.1, -0.05) is 6.92 Å². The third kappa shape index (κ3) is 3.84. The van der Waals surface area contributed by atoms with Crippen LogP contribution in [0, 0.1) is 0 Å². The van der Waals surface area contributed by atoms with E-state index >= 15 is 0 Å². The Hall–Kier alpha value is -2.00. The highest BCUT2D eigenvalue weighted by Crippen LogP contribution is 2.39. The van der Waals surface area contributed by atoms with Gasteiger partial charge in [0.25, 0.3) is 5.91 Å². The van der Waals surface area contributed by atoms with E-state index in [0.29, 0.717) is 42.2 Å². The minimum absolute atomic E-state index is 0.148. The summed E-state index contributed by atoms with van der Waals surface area (Å²) < 4.78 is 26.1. The summed E-state index contributed by atoms with van der Waals surface area (Å²) in [4.78, 5) is 24.8. The molecule has 1 saturated carbocycles. The van der Waals surface area contributed by atoms with E-state index in [2.05, 4.69) is 20.3 Å². The molecular formula is C18H25N5O3S. The molecule has 1 saturated heterocycles. The summed E-state index contributed by atoms with van der Waals surface area (Å²) in [6, 6.07) is -0.192. The van der Waals surface area contributed by atoms with E-state index in [1.54, 1.807) is 12.4 Å². The van der Waals surface area contributed by atoms with Crippen molar-refractivity contribution in [2.24, 2.45) is 0 Å². The predicted octanol–water partition coefficient (Wildman–Crippen LogP) is 1.77. The average Bonchev–Trinajstić information content (AvgIpc) is 3.41. The van der Waals surface area contributed by atoms with Crippen LogP contribution in [0.3, 0.4) is 0 Å². The van der Waals surface area contributed by atoms with Gasteiger partial charge in [0.05, 0.1) is 23.2 Å². The molecule has 2 fully saturated rings. The van der Waals surface area contributed by atoms with Crippen molar-refractivity contribution >= 4 is 27.1 Å². The fourth-order valence-electron chi connectivity index (χ4n) is 3.62. The monoisotopic (exact) mass is 391 g/mol. The number of nitrogens with zero attached hydrogens (tertiary/aromatic N) is 3. The molecule has 2 aliphatic rings. The molecule has 146 valence electrons. The maximum atomic E-state index is 12.8. The second-order valence-electron chi connectivity index (χ2n) is 7.46. The van der Waals surface area contributed by atoms with E-state index in [1.807, 2.05) is 6.92 Å². The standard InChI is InChI=1S/C18H25N5O3S/c1-2-8-27(25,26)23-7-3-4-13(11-23)21-18(24)14-9-19-17-16(14)22-15(10-20-17)12-5-6-12/h9-10,12-13H,2-8,11H2,1H3,(H,19,20)(H,21,24). The number of amides is 1. The zero-order valence-electron chi connectivity index (χ0n) is 15.4. The number of aromatic nitrogens is 3. The number of rotatable bonds is 6. The van der Waals surface area contributed by atoms with Crippen LogP contribution in [0.15, 0.2) is 12.4 Å². The molecule has 0 bridgehead atoms. The quantitative estimate of drug-likeness (QED) is 0.780. The Labute approximate surface area is 158 Å². The first-order valence-corrected chi connectivity index (χ1v) is 11.2. The van der Waals surface area contributed by atoms with Crippen molar-refractivity contribution in [1.29, 1.82) is 0 Å². The summed E-state index contributed by atoms with van der Waals surface area (Å²) >= 11 is 0. The highest BCUT2D eigenvalue weighted by atomic mass is 32.2. The number of hydrogen-bond donors (Lipinski definition) is 2. The van der Waals surface area contributed by atoms with Crippen molar-refractivity contribution in [2.45, 2.75) is 51.0 Å². The van der Waals surface area contributed by atoms with E-state index in [1.165, 1.54) is 4.31 Å². The SMILES string of the molecule is CCCS(=O)(=O)N1CCCC(NC(=O)c2c[nH]c3ncc(C4CC4)nc23)C1. The Kier molecular flexibility index (Phi) is 4.90. The Balaban J connectivity index is 1.49. The fraction of sp³-hybridized carbons (Fsp3) is 0.611. The van der Waals surface area contributed by atoms with Gasteiger partial charge in [-0.3, -0.25) is 4.79 Å². The molecule has 0 spiro atoms. The minimum atomic E-state index is -3.25. The lowest BCUT2D eigenvalue weighted by atomic mass is 10.1. The first kappa shape index (κ1) is 18.4. The molecule has 1 amide bonds. The Morgan fingerprint density at radius 1 is 1.37 bits per heavy atom. The van der Waals surface area contributed by atoms with Crippen molar-refractivity contribution in [3.8, 4) is 0 Å². The van der Waals surface area contributed by atoms with Gasteiger partial charge in [0.2, 0.25) is 10.0 Å². The molecule has 2 aromatic heterocycles. The highest BCUT2D eigenvalue weighted by Gasteiger charge is 2.30. The van der Waals surface area contributed by atoms with Crippen LogP contribution in [0.2, 0.25) is 0 Å². The lowest BCUT2D eigenvalue weighted by Crippen LogP contribution is -2.50. The molecule has 1 atom stereocenters. The number of piperidine rings is 1. The smallest absolute Gasteiger partial charge is 0.255 e. The number of carbonyl (C=O) groups is 1. The van der Waals surface area contributed by atoms with Gasteiger partial charge in [-0.15, -0.1) is 0 Å². The molecule has 4 rings (SSSR count). The molecule has 3 heterocycles. The Morgan fingerprint density at radius 2 is 2.19 bits per heavy atom. The second-order valence-corrected chi connectivity index (χ2v) is 9.54. The predicted molar refractivity (Wildman–Crippen MR) is 102 cm³/mol. The fourth-order valence-corrected chi connectivity index (χ4v) is 5.21. The zero-order valence-corrected chi connectivity index (χ0v) is 16.3. The summed E-state index contributed by atoms with van der Waals surface area (Å²) in [6.07, 6.45) is 7.75. The number of nitrogens with one attached hydrogen (secondary N) is 2. The first-order valence-electron chi connectivity index (χ1n) is 9.60. The van der Waals surface area contributed by atoms with Crippen LogP contribution in [0.4, 0.5) is 0 Å². The maximum Gasteiger partial charge on any atom is 0.255 e. The Bertz CT molecular complexity index is 951. The van der Waals surface area contributed by atoms with Gasteiger partial charge in [-0.25, -0.2) is 18.4 Å². The lowest BCUT2D eigenvalue weighted by molar-refractivity contribution is 0.0923. The van der Waals surface area contributed by atoms with Gasteiger partial charge in [0.1, 0.15) is 5.52 Å².